The number of carbonyl (C=O) groups is 1. The van der Waals surface area contributed by atoms with Crippen LogP contribution in [0.5, 0.6) is 0 Å². The van der Waals surface area contributed by atoms with Crippen molar-refractivity contribution in [1.29, 1.82) is 0 Å². The zero-order chi connectivity index (χ0) is 9.94. The molecule has 0 aromatic heterocycles. The van der Waals surface area contributed by atoms with Crippen LogP contribution in [0.25, 0.3) is 10.4 Å². The summed E-state index contributed by atoms with van der Waals surface area (Å²) < 4.78 is 9.61. The molecule has 0 spiro atoms. The van der Waals surface area contributed by atoms with Crippen molar-refractivity contribution < 1.29 is 19.4 Å². The van der Waals surface area contributed by atoms with Gasteiger partial charge in [-0.25, -0.2) is 4.79 Å². The van der Waals surface area contributed by atoms with Gasteiger partial charge >= 0.3 is 5.97 Å². The highest BCUT2D eigenvalue weighted by Crippen LogP contribution is 1.80. The molecule has 0 radical (unpaired) electrons. The number of aliphatic carboxylic acids is 1. The maximum Gasteiger partial charge on any atom is 0.329 e. The van der Waals surface area contributed by atoms with Crippen LogP contribution in [0.1, 0.15) is 0 Å². The van der Waals surface area contributed by atoms with Gasteiger partial charge in [-0.3, -0.25) is 0 Å². The lowest BCUT2D eigenvalue weighted by atomic mass is 10.7. The summed E-state index contributed by atoms with van der Waals surface area (Å²) in [7, 11) is 0. The predicted molar refractivity (Wildman–Crippen MR) is 43.3 cm³/mol. The Bertz CT molecular complexity index is 184. The molecule has 0 saturated carbocycles. The third kappa shape index (κ3) is 10.7. The minimum atomic E-state index is -1.01. The number of carboxylic acid groups (broad SMARTS) is 1. The second-order valence-corrected chi connectivity index (χ2v) is 2.01. The zero-order valence-corrected chi connectivity index (χ0v) is 7.05. The smallest absolute Gasteiger partial charge is 0.329 e. The summed E-state index contributed by atoms with van der Waals surface area (Å²) in [5.41, 5.74) is 7.88. The number of carboxylic acids is 1. The Morgan fingerprint density at radius 3 is 2.69 bits per heavy atom. The first-order valence-corrected chi connectivity index (χ1v) is 3.65. The monoisotopic (exact) mass is 189 g/mol. The van der Waals surface area contributed by atoms with Crippen LogP contribution in [-0.2, 0) is 14.3 Å². The quantitative estimate of drug-likeness (QED) is 0.258. The Labute approximate surface area is 74.9 Å². The minimum Gasteiger partial charge on any atom is -0.480 e. The van der Waals surface area contributed by atoms with Gasteiger partial charge in [-0.2, -0.15) is 0 Å². The summed E-state index contributed by atoms with van der Waals surface area (Å²) in [6, 6.07) is 0. The molecule has 0 aliphatic carbocycles. The first-order chi connectivity index (χ1) is 6.27. The largest absolute Gasteiger partial charge is 0.480 e. The highest BCUT2D eigenvalue weighted by atomic mass is 16.5. The summed E-state index contributed by atoms with van der Waals surface area (Å²) in [5.74, 6) is -1.01. The first-order valence-electron chi connectivity index (χ1n) is 3.65. The van der Waals surface area contributed by atoms with Crippen LogP contribution in [0.15, 0.2) is 5.11 Å². The van der Waals surface area contributed by atoms with Crippen molar-refractivity contribution >= 4 is 5.97 Å². The van der Waals surface area contributed by atoms with Crippen LogP contribution < -0.4 is 0 Å². The van der Waals surface area contributed by atoms with Crippen molar-refractivity contribution in [3.63, 3.8) is 0 Å². The van der Waals surface area contributed by atoms with E-state index in [0.29, 0.717) is 13.2 Å². The van der Waals surface area contributed by atoms with E-state index in [1.54, 1.807) is 0 Å². The van der Waals surface area contributed by atoms with Crippen LogP contribution in [0.2, 0.25) is 0 Å². The summed E-state index contributed by atoms with van der Waals surface area (Å²) in [4.78, 5) is 12.5. The number of rotatable bonds is 8. The lowest BCUT2D eigenvalue weighted by molar-refractivity contribution is -0.142. The molecule has 0 unspecified atom stereocenters. The normalized spacial score (nSPS) is 9.23. The van der Waals surface area contributed by atoms with Crippen molar-refractivity contribution in [2.24, 2.45) is 5.11 Å². The fourth-order valence-corrected chi connectivity index (χ4v) is 0.529. The van der Waals surface area contributed by atoms with Crippen molar-refractivity contribution in [3.8, 4) is 0 Å². The number of azide groups is 1. The average Bonchev–Trinajstić information content (AvgIpc) is 2.09. The van der Waals surface area contributed by atoms with Crippen LogP contribution in [0.4, 0.5) is 0 Å². The van der Waals surface area contributed by atoms with Gasteiger partial charge in [-0.05, 0) is 5.53 Å². The number of hydrogen-bond acceptors (Lipinski definition) is 4. The van der Waals surface area contributed by atoms with Gasteiger partial charge in [0.1, 0.15) is 6.61 Å². The molecule has 0 bridgehead atoms. The van der Waals surface area contributed by atoms with E-state index in [2.05, 4.69) is 14.8 Å². The lowest BCUT2D eigenvalue weighted by Gasteiger charge is -2.01. The zero-order valence-electron chi connectivity index (χ0n) is 7.05. The van der Waals surface area contributed by atoms with Gasteiger partial charge in [0, 0.05) is 11.5 Å². The number of ether oxygens (including phenoxy) is 2. The molecule has 7 nitrogen and oxygen atoms in total. The molecule has 0 aromatic rings. The van der Waals surface area contributed by atoms with Gasteiger partial charge in [0.2, 0.25) is 0 Å². The number of hydrogen-bond donors (Lipinski definition) is 1. The maximum absolute atomic E-state index is 9.95. The van der Waals surface area contributed by atoms with Crippen molar-refractivity contribution in [2.45, 2.75) is 0 Å². The fraction of sp³-hybridized carbons (Fsp3) is 0.833. The Morgan fingerprint density at radius 1 is 1.38 bits per heavy atom. The van der Waals surface area contributed by atoms with Gasteiger partial charge in [-0.1, -0.05) is 5.11 Å². The molecule has 0 rings (SSSR count). The molecule has 13 heavy (non-hydrogen) atoms. The molecule has 0 heterocycles. The topological polar surface area (TPSA) is 105 Å². The molecule has 1 N–H and O–H groups in total. The molecule has 0 atom stereocenters. The second-order valence-electron chi connectivity index (χ2n) is 2.01. The van der Waals surface area contributed by atoms with Crippen LogP contribution in [0.3, 0.4) is 0 Å². The number of nitrogens with zero attached hydrogens (tertiary/aromatic N) is 3. The highest BCUT2D eigenvalue weighted by molar-refractivity contribution is 5.67. The van der Waals surface area contributed by atoms with Crippen molar-refractivity contribution in [3.05, 3.63) is 10.4 Å². The average molecular weight is 189 g/mol. The molecule has 0 fully saturated rings. The molecule has 0 aliphatic rings. The molecule has 0 aliphatic heterocycles. The standard InChI is InChI=1S/C6H11N3O4/c7-9-8-1-2-12-3-4-13-5-6(10)11/h1-5H2,(H,10,11). The molecule has 0 saturated heterocycles. The first kappa shape index (κ1) is 11.7. The van der Waals surface area contributed by atoms with E-state index in [1.807, 2.05) is 0 Å². The fourth-order valence-electron chi connectivity index (χ4n) is 0.529. The minimum absolute atomic E-state index is 0.225. The van der Waals surface area contributed by atoms with E-state index < -0.39 is 5.97 Å². The van der Waals surface area contributed by atoms with Crippen LogP contribution in [0, 0.1) is 0 Å². The summed E-state index contributed by atoms with van der Waals surface area (Å²) in [6.45, 7) is 0.798. The molecule has 0 amide bonds. The SMILES string of the molecule is [N-]=[N+]=NCCOCCOCC(=O)O. The summed E-state index contributed by atoms with van der Waals surface area (Å²) in [5, 5.41) is 11.4. The van der Waals surface area contributed by atoms with Gasteiger partial charge in [0.25, 0.3) is 0 Å². The van der Waals surface area contributed by atoms with Gasteiger partial charge < -0.3 is 14.6 Å². The molecule has 74 valence electrons. The van der Waals surface area contributed by atoms with Crippen LogP contribution >= 0.6 is 0 Å². The maximum atomic E-state index is 9.95. The van der Waals surface area contributed by atoms with Crippen LogP contribution in [-0.4, -0.2) is 44.0 Å². The molecule has 7 heteroatoms. The van der Waals surface area contributed by atoms with Gasteiger partial charge in [-0.15, -0.1) is 0 Å². The second kappa shape index (κ2) is 8.79. The summed E-state index contributed by atoms with van der Waals surface area (Å²) in [6.07, 6.45) is 0. The van der Waals surface area contributed by atoms with E-state index >= 15 is 0 Å². The molecular formula is C6H11N3O4. The Hall–Kier alpha value is -1.30. The highest BCUT2D eigenvalue weighted by Gasteiger charge is 1.94. The van der Waals surface area contributed by atoms with Crippen molar-refractivity contribution in [2.75, 3.05) is 33.0 Å². The van der Waals surface area contributed by atoms with E-state index in [-0.39, 0.29) is 19.8 Å². The Balaban J connectivity index is 2.99. The third-order valence-corrected chi connectivity index (χ3v) is 0.996. The predicted octanol–water partition coefficient (Wildman–Crippen LogP) is 0.414. The van der Waals surface area contributed by atoms with E-state index in [0.717, 1.165) is 0 Å². The van der Waals surface area contributed by atoms with Gasteiger partial charge in [0.15, 0.2) is 0 Å². The Kier molecular flexibility index (Phi) is 7.91. The Morgan fingerprint density at radius 2 is 2.08 bits per heavy atom. The van der Waals surface area contributed by atoms with E-state index in [4.69, 9.17) is 15.4 Å². The van der Waals surface area contributed by atoms with E-state index in [1.165, 1.54) is 0 Å². The van der Waals surface area contributed by atoms with E-state index in [9.17, 15) is 4.79 Å². The lowest BCUT2D eigenvalue weighted by Crippen LogP contribution is -2.12. The summed E-state index contributed by atoms with van der Waals surface area (Å²) >= 11 is 0. The molecule has 0 aromatic carbocycles. The van der Waals surface area contributed by atoms with Crippen molar-refractivity contribution in [1.82, 2.24) is 0 Å². The molecular weight excluding hydrogens is 178 g/mol. The van der Waals surface area contributed by atoms with Gasteiger partial charge in [0.05, 0.1) is 19.8 Å². The third-order valence-electron chi connectivity index (χ3n) is 0.996.